The molecule has 1 saturated carbocycles. The van der Waals surface area contributed by atoms with Gasteiger partial charge in [-0.15, -0.1) is 30.1 Å². The Morgan fingerprint density at radius 1 is 1.04 bits per heavy atom. The Bertz CT molecular complexity index is 1400. The largest absolute Gasteiger partial charge is 0.390 e. The molecule has 3 rings (SSSR count). The molecule has 1 fully saturated rings. The normalized spacial score (nSPS) is 17.0. The second kappa shape index (κ2) is 21.5. The number of hydrogen-bond donors (Lipinski definition) is 4. The van der Waals surface area contributed by atoms with Gasteiger partial charge in [0.05, 0.1) is 35.2 Å². The van der Waals surface area contributed by atoms with Crippen LogP contribution < -0.4 is 10.6 Å². The smallest absolute Gasteiger partial charge is 0.244 e. The molecule has 6 atom stereocenters. The Morgan fingerprint density at radius 3 is 2.38 bits per heavy atom. The molecule has 0 aliphatic heterocycles. The highest BCUT2D eigenvalue weighted by atomic mass is 32.1. The predicted octanol–water partition coefficient (Wildman–Crippen LogP) is 3.59. The van der Waals surface area contributed by atoms with Crippen LogP contribution in [0.5, 0.6) is 0 Å². The molecule has 1 aromatic carbocycles. The van der Waals surface area contributed by atoms with E-state index >= 15 is 0 Å². The lowest BCUT2D eigenvalue weighted by Gasteiger charge is -2.34. The highest BCUT2D eigenvalue weighted by Crippen LogP contribution is 2.29. The fourth-order valence-corrected chi connectivity index (χ4v) is 7.02. The number of thiazole rings is 1. The summed E-state index contributed by atoms with van der Waals surface area (Å²) in [6.45, 7) is 4.10. The number of carbonyl (C=O) groups is 3. The lowest BCUT2D eigenvalue weighted by atomic mass is 9.82. The summed E-state index contributed by atoms with van der Waals surface area (Å²) in [5, 5.41) is 29.8. The number of likely N-dealkylation sites (N-methyl/N-ethyl adjacent to an activating group) is 2. The van der Waals surface area contributed by atoms with Crippen molar-refractivity contribution >= 4 is 29.1 Å². The first-order valence-electron chi connectivity index (χ1n) is 17.8. The van der Waals surface area contributed by atoms with E-state index in [1.54, 1.807) is 22.8 Å². The van der Waals surface area contributed by atoms with E-state index in [1.165, 1.54) is 11.3 Å². The molecule has 1 heterocycles. The van der Waals surface area contributed by atoms with E-state index in [0.717, 1.165) is 44.2 Å². The van der Waals surface area contributed by atoms with E-state index in [9.17, 15) is 24.6 Å². The van der Waals surface area contributed by atoms with Crippen LogP contribution in [0.25, 0.3) is 0 Å². The van der Waals surface area contributed by atoms with Gasteiger partial charge in [0, 0.05) is 38.4 Å². The molecule has 0 radical (unpaired) electrons. The van der Waals surface area contributed by atoms with E-state index in [2.05, 4.69) is 32.4 Å². The zero-order valence-corrected chi connectivity index (χ0v) is 30.6. The second-order valence-corrected chi connectivity index (χ2v) is 14.2. The molecule has 0 spiro atoms. The summed E-state index contributed by atoms with van der Waals surface area (Å²) >= 11 is 1.32. The molecule has 0 bridgehead atoms. The molecule has 4 unspecified atom stereocenters. The van der Waals surface area contributed by atoms with Crippen LogP contribution in [-0.4, -0.2) is 101 Å². The number of carbonyl (C=O) groups excluding carboxylic acids is 3. The Labute approximate surface area is 302 Å². The number of aromatic nitrogens is 1. The molecule has 0 saturated heterocycles. The number of benzene rings is 1. The van der Waals surface area contributed by atoms with Crippen LogP contribution >= 0.6 is 11.3 Å². The minimum Gasteiger partial charge on any atom is -0.390 e. The SMILES string of the molecule is C#CCCC(O)[C@H](O)C(CC1CCCCC1)NC(=O)[C@@H](NC(=O)C(CC(=O)N(C)CCN(C)CC)Cc1ccccc1)C(C#C)c1cscn1. The molecule has 4 N–H and O–H groups in total. The van der Waals surface area contributed by atoms with Crippen molar-refractivity contribution in [2.24, 2.45) is 11.8 Å². The van der Waals surface area contributed by atoms with Crippen molar-refractivity contribution in [1.82, 2.24) is 25.4 Å². The number of nitrogens with one attached hydrogen (secondary N) is 2. The lowest BCUT2D eigenvalue weighted by molar-refractivity contribution is -0.137. The summed E-state index contributed by atoms with van der Waals surface area (Å²) < 4.78 is 0. The van der Waals surface area contributed by atoms with Crippen LogP contribution in [-0.2, 0) is 20.8 Å². The van der Waals surface area contributed by atoms with Crippen molar-refractivity contribution in [2.45, 2.75) is 101 Å². The maximum atomic E-state index is 14.3. The minimum absolute atomic E-state index is 0.0663. The highest BCUT2D eigenvalue weighted by Gasteiger charge is 2.37. The summed E-state index contributed by atoms with van der Waals surface area (Å²) in [5.74, 6) is 2.42. The average Bonchev–Trinajstić information content (AvgIpc) is 3.67. The first-order chi connectivity index (χ1) is 24.1. The summed E-state index contributed by atoms with van der Waals surface area (Å²) in [5.41, 5.74) is 2.93. The number of aliphatic hydroxyl groups excluding tert-OH is 2. The predicted molar refractivity (Wildman–Crippen MR) is 198 cm³/mol. The quantitative estimate of drug-likeness (QED) is 0.155. The Balaban J connectivity index is 1.91. The number of aliphatic hydroxyl groups is 2. The monoisotopic (exact) mass is 705 g/mol. The van der Waals surface area contributed by atoms with Gasteiger partial charge < -0.3 is 30.6 Å². The van der Waals surface area contributed by atoms with Gasteiger partial charge in [-0.25, -0.2) is 4.98 Å². The van der Waals surface area contributed by atoms with Gasteiger partial charge in [-0.05, 0) is 44.3 Å². The summed E-state index contributed by atoms with van der Waals surface area (Å²) in [6, 6.07) is 7.37. The number of terminal acetylenes is 2. The van der Waals surface area contributed by atoms with Crippen molar-refractivity contribution in [2.75, 3.05) is 33.7 Å². The molecule has 1 aliphatic carbocycles. The summed E-state index contributed by atoms with van der Waals surface area (Å²) in [4.78, 5) is 50.1. The topological polar surface area (TPSA) is 135 Å². The van der Waals surface area contributed by atoms with Crippen molar-refractivity contribution in [3.8, 4) is 24.7 Å². The summed E-state index contributed by atoms with van der Waals surface area (Å²) in [6.07, 6.45) is 15.3. The Hall–Kier alpha value is -3.74. The third-order valence-corrected chi connectivity index (χ3v) is 10.4. The van der Waals surface area contributed by atoms with Gasteiger partial charge in [0.25, 0.3) is 0 Å². The third kappa shape index (κ3) is 12.9. The summed E-state index contributed by atoms with van der Waals surface area (Å²) in [7, 11) is 3.71. The first-order valence-corrected chi connectivity index (χ1v) is 18.7. The van der Waals surface area contributed by atoms with Crippen molar-refractivity contribution < 1.29 is 24.6 Å². The Morgan fingerprint density at radius 2 is 1.76 bits per heavy atom. The van der Waals surface area contributed by atoms with Gasteiger partial charge in [-0.1, -0.05) is 75.3 Å². The maximum absolute atomic E-state index is 14.3. The third-order valence-electron chi connectivity index (χ3n) is 9.79. The average molecular weight is 706 g/mol. The van der Waals surface area contributed by atoms with E-state index in [1.807, 2.05) is 44.3 Å². The van der Waals surface area contributed by atoms with Crippen LogP contribution in [0.4, 0.5) is 0 Å². The molecule has 3 amide bonds. The minimum atomic E-state index is -1.28. The fraction of sp³-hybridized carbons (Fsp3) is 0.590. The van der Waals surface area contributed by atoms with Gasteiger partial charge in [0.15, 0.2) is 0 Å². The standard InChI is InChI=1S/C39H55N5O5S/c1-6-9-20-34(45)37(47)32(24-29-18-14-11-15-19-29)41-39(49)36(31(7-2)33-26-50-27-40-33)42-38(48)30(23-28-16-12-10-13-17-28)25-35(46)44(5)22-21-43(4)8-3/h1-2,10,12-13,16-17,26-27,29-32,34,36-37,45,47H,8-9,11,14-15,18-25H2,3-5H3,(H,41,49)(H,42,48)/t30?,31?,32?,34?,36-,37+/m0/s1. The molecule has 50 heavy (non-hydrogen) atoms. The molecular weight excluding hydrogens is 651 g/mol. The molecule has 272 valence electrons. The lowest BCUT2D eigenvalue weighted by Crippen LogP contribution is -2.57. The van der Waals surface area contributed by atoms with Crippen LogP contribution in [0.15, 0.2) is 41.2 Å². The number of hydrogen-bond acceptors (Lipinski definition) is 8. The van der Waals surface area contributed by atoms with E-state index in [0.29, 0.717) is 25.2 Å². The van der Waals surface area contributed by atoms with Gasteiger partial charge in [-0.2, -0.15) is 0 Å². The molecule has 10 nitrogen and oxygen atoms in total. The van der Waals surface area contributed by atoms with E-state index < -0.39 is 47.9 Å². The Kier molecular flexibility index (Phi) is 17.5. The number of rotatable bonds is 20. The van der Waals surface area contributed by atoms with Gasteiger partial charge >= 0.3 is 0 Å². The maximum Gasteiger partial charge on any atom is 0.244 e. The van der Waals surface area contributed by atoms with Crippen molar-refractivity contribution in [1.29, 1.82) is 0 Å². The van der Waals surface area contributed by atoms with Crippen LogP contribution in [0.1, 0.15) is 81.9 Å². The van der Waals surface area contributed by atoms with Gasteiger partial charge in [0.1, 0.15) is 12.1 Å². The van der Waals surface area contributed by atoms with Crippen LogP contribution in [0.3, 0.4) is 0 Å². The molecule has 1 aliphatic rings. The van der Waals surface area contributed by atoms with Crippen LogP contribution in [0, 0.1) is 36.5 Å². The van der Waals surface area contributed by atoms with Crippen molar-refractivity contribution in [3.63, 3.8) is 0 Å². The van der Waals surface area contributed by atoms with E-state index in [-0.39, 0.29) is 37.5 Å². The van der Waals surface area contributed by atoms with Crippen LogP contribution in [0.2, 0.25) is 0 Å². The fourth-order valence-electron chi connectivity index (χ4n) is 6.43. The van der Waals surface area contributed by atoms with Gasteiger partial charge in [0.2, 0.25) is 17.7 Å². The molecule has 2 aromatic rings. The van der Waals surface area contributed by atoms with Gasteiger partial charge in [-0.3, -0.25) is 14.4 Å². The zero-order chi connectivity index (χ0) is 36.5. The second-order valence-electron chi connectivity index (χ2n) is 13.5. The van der Waals surface area contributed by atoms with E-state index in [4.69, 9.17) is 12.8 Å². The first kappa shape index (κ1) is 40.7. The highest BCUT2D eigenvalue weighted by molar-refractivity contribution is 7.07. The van der Waals surface area contributed by atoms with Crippen molar-refractivity contribution in [3.05, 3.63) is 52.5 Å². The zero-order valence-electron chi connectivity index (χ0n) is 29.8. The molecule has 11 heteroatoms. The number of amides is 3. The molecule has 1 aromatic heterocycles. The number of nitrogens with zero attached hydrogens (tertiary/aromatic N) is 3. The molecular formula is C39H55N5O5S.